The largest absolute Gasteiger partial charge is 0.502 e. The summed E-state index contributed by atoms with van der Waals surface area (Å²) in [5.41, 5.74) is 1.60. The molecule has 0 spiro atoms. The van der Waals surface area contributed by atoms with Crippen LogP contribution in [0.1, 0.15) is 38.7 Å². The lowest BCUT2D eigenvalue weighted by molar-refractivity contribution is -0.123. The number of amides is 2. The van der Waals surface area contributed by atoms with Crippen molar-refractivity contribution < 1.29 is 28.2 Å². The molecule has 3 aromatic rings. The molecule has 1 fully saturated rings. The molecular formula is C28H26F2N4O5. The van der Waals surface area contributed by atoms with E-state index >= 15 is 0 Å². The van der Waals surface area contributed by atoms with Gasteiger partial charge in [0, 0.05) is 29.8 Å². The van der Waals surface area contributed by atoms with Crippen molar-refractivity contribution in [2.24, 2.45) is 0 Å². The second-order valence-electron chi connectivity index (χ2n) is 8.79. The van der Waals surface area contributed by atoms with Crippen LogP contribution in [0.15, 0.2) is 59.7 Å². The highest BCUT2D eigenvalue weighted by Gasteiger charge is 2.27. The second kappa shape index (κ2) is 12.8. The van der Waals surface area contributed by atoms with Gasteiger partial charge in [0.2, 0.25) is 11.7 Å². The van der Waals surface area contributed by atoms with Crippen LogP contribution in [0.3, 0.4) is 0 Å². The van der Waals surface area contributed by atoms with Crippen LogP contribution in [0.5, 0.6) is 5.75 Å². The quantitative estimate of drug-likeness (QED) is 0.397. The van der Waals surface area contributed by atoms with Crippen molar-refractivity contribution in [2.75, 3.05) is 32.8 Å². The number of aromatic nitrogens is 2. The van der Waals surface area contributed by atoms with E-state index in [2.05, 4.69) is 27.1 Å². The van der Waals surface area contributed by atoms with E-state index in [4.69, 9.17) is 4.74 Å². The summed E-state index contributed by atoms with van der Waals surface area (Å²) in [6, 6.07) is 13.9. The van der Waals surface area contributed by atoms with Crippen LogP contribution in [0.25, 0.3) is 0 Å². The summed E-state index contributed by atoms with van der Waals surface area (Å²) in [6.45, 7) is 1.34. The van der Waals surface area contributed by atoms with Gasteiger partial charge in [-0.3, -0.25) is 14.4 Å². The summed E-state index contributed by atoms with van der Waals surface area (Å²) in [5.74, 6) is 3.34. The number of nitrogens with zero attached hydrogens (tertiary/aromatic N) is 2. The Labute approximate surface area is 222 Å². The van der Waals surface area contributed by atoms with Gasteiger partial charge in [0.15, 0.2) is 0 Å². The van der Waals surface area contributed by atoms with Crippen molar-refractivity contribution in [1.29, 1.82) is 0 Å². The summed E-state index contributed by atoms with van der Waals surface area (Å²) in [7, 11) is 0. The molecule has 4 rings (SSSR count). The first-order valence-corrected chi connectivity index (χ1v) is 12.2. The number of aromatic hydroxyl groups is 1. The van der Waals surface area contributed by atoms with Gasteiger partial charge < -0.3 is 25.0 Å². The number of carbonyl (C=O) groups is 2. The smallest absolute Gasteiger partial charge is 0.293 e. The molecule has 3 N–H and O–H groups in total. The van der Waals surface area contributed by atoms with Crippen molar-refractivity contribution in [3.63, 3.8) is 0 Å². The summed E-state index contributed by atoms with van der Waals surface area (Å²) in [4.78, 5) is 44.9. The zero-order chi connectivity index (χ0) is 27.8. The van der Waals surface area contributed by atoms with Gasteiger partial charge in [-0.2, -0.15) is 0 Å². The molecule has 0 bridgehead atoms. The maximum absolute atomic E-state index is 12.6. The third-order valence-electron chi connectivity index (χ3n) is 6.11. The maximum atomic E-state index is 12.6. The van der Waals surface area contributed by atoms with Crippen molar-refractivity contribution in [3.05, 3.63) is 93.2 Å². The standard InChI is InChI=1S/C28H26F2N4O5/c29-23(30)16-31-26(36)22(24-25(35)27(37)33-17-32-24)15-20-5-3-18(4-6-20)1-2-19-7-9-21(10-8-19)28(38)34-11-13-39-14-12-34/h3-10,17,22-23,35H,11-16H2,(H,31,36)(H,32,33,37). The summed E-state index contributed by atoms with van der Waals surface area (Å²) in [6.07, 6.45) is -1.71. The normalized spacial score (nSPS) is 13.9. The van der Waals surface area contributed by atoms with E-state index in [9.17, 15) is 28.3 Å². The van der Waals surface area contributed by atoms with Crippen LogP contribution in [-0.2, 0) is 16.0 Å². The molecule has 0 saturated carbocycles. The highest BCUT2D eigenvalue weighted by molar-refractivity contribution is 5.94. The SMILES string of the molecule is O=C(NCC(F)F)C(Cc1ccc(C#Cc2ccc(C(=O)N3CCOCC3)cc2)cc1)c1nc[nH]c(=O)c1O. The Morgan fingerprint density at radius 1 is 1.05 bits per heavy atom. The number of H-pyrrole nitrogens is 1. The van der Waals surface area contributed by atoms with Crippen LogP contribution in [0.4, 0.5) is 8.78 Å². The highest BCUT2D eigenvalue weighted by Crippen LogP contribution is 2.24. The van der Waals surface area contributed by atoms with Gasteiger partial charge in [-0.15, -0.1) is 0 Å². The zero-order valence-corrected chi connectivity index (χ0v) is 20.8. The van der Waals surface area contributed by atoms with Crippen molar-refractivity contribution in [2.45, 2.75) is 18.8 Å². The van der Waals surface area contributed by atoms with E-state index in [1.807, 2.05) is 0 Å². The fourth-order valence-corrected chi connectivity index (χ4v) is 4.03. The average Bonchev–Trinajstić information content (AvgIpc) is 2.96. The number of morpholine rings is 1. The molecule has 2 aromatic carbocycles. The first-order valence-electron chi connectivity index (χ1n) is 12.2. The van der Waals surface area contributed by atoms with Crippen LogP contribution < -0.4 is 10.9 Å². The Kier molecular flexibility index (Phi) is 9.01. The lowest BCUT2D eigenvalue weighted by atomic mass is 9.94. The van der Waals surface area contributed by atoms with Gasteiger partial charge in [-0.05, 0) is 48.4 Å². The fourth-order valence-electron chi connectivity index (χ4n) is 4.03. The molecule has 1 aliphatic heterocycles. The molecule has 2 amide bonds. The van der Waals surface area contributed by atoms with Crippen LogP contribution in [-0.4, -0.2) is 71.1 Å². The first kappa shape index (κ1) is 27.5. The van der Waals surface area contributed by atoms with E-state index in [0.29, 0.717) is 43.0 Å². The van der Waals surface area contributed by atoms with Crippen LogP contribution in [0, 0.1) is 11.8 Å². The number of aromatic amines is 1. The minimum atomic E-state index is -2.75. The molecule has 39 heavy (non-hydrogen) atoms. The molecule has 1 saturated heterocycles. The van der Waals surface area contributed by atoms with E-state index < -0.39 is 36.1 Å². The number of rotatable bonds is 7. The topological polar surface area (TPSA) is 125 Å². The van der Waals surface area contributed by atoms with Crippen molar-refractivity contribution in [1.82, 2.24) is 20.2 Å². The predicted molar refractivity (Wildman–Crippen MR) is 138 cm³/mol. The van der Waals surface area contributed by atoms with E-state index in [0.717, 1.165) is 11.9 Å². The Morgan fingerprint density at radius 3 is 2.28 bits per heavy atom. The zero-order valence-electron chi connectivity index (χ0n) is 20.8. The molecule has 202 valence electrons. The molecule has 9 nitrogen and oxygen atoms in total. The fraction of sp³-hybridized carbons (Fsp3) is 0.286. The molecule has 1 aromatic heterocycles. The second-order valence-corrected chi connectivity index (χ2v) is 8.79. The predicted octanol–water partition coefficient (Wildman–Crippen LogP) is 2.06. The summed E-state index contributed by atoms with van der Waals surface area (Å²) < 4.78 is 30.6. The van der Waals surface area contributed by atoms with E-state index in [1.165, 1.54) is 0 Å². The van der Waals surface area contributed by atoms with Gasteiger partial charge >= 0.3 is 0 Å². The van der Waals surface area contributed by atoms with Gasteiger partial charge in [0.25, 0.3) is 17.9 Å². The van der Waals surface area contributed by atoms with Crippen molar-refractivity contribution in [3.8, 4) is 17.6 Å². The average molecular weight is 537 g/mol. The Morgan fingerprint density at radius 2 is 1.67 bits per heavy atom. The molecule has 0 aliphatic carbocycles. The maximum Gasteiger partial charge on any atom is 0.293 e. The molecule has 1 atom stereocenters. The van der Waals surface area contributed by atoms with Gasteiger partial charge in [0.1, 0.15) is 5.69 Å². The third kappa shape index (κ3) is 7.27. The third-order valence-corrected chi connectivity index (χ3v) is 6.11. The molecule has 2 heterocycles. The number of ether oxygens (including phenoxy) is 1. The molecule has 0 radical (unpaired) electrons. The number of hydrogen-bond acceptors (Lipinski definition) is 6. The number of halogens is 2. The molecule has 1 unspecified atom stereocenters. The molecule has 1 aliphatic rings. The van der Waals surface area contributed by atoms with Crippen LogP contribution >= 0.6 is 0 Å². The lowest BCUT2D eigenvalue weighted by Crippen LogP contribution is -2.40. The Hall–Kier alpha value is -4.56. The Bertz CT molecular complexity index is 1420. The number of carbonyl (C=O) groups excluding carboxylic acids is 2. The number of benzene rings is 2. The van der Waals surface area contributed by atoms with Gasteiger partial charge in [0.05, 0.1) is 32.0 Å². The van der Waals surface area contributed by atoms with E-state index in [-0.39, 0.29) is 18.0 Å². The van der Waals surface area contributed by atoms with E-state index in [1.54, 1.807) is 53.4 Å². The monoisotopic (exact) mass is 536 g/mol. The van der Waals surface area contributed by atoms with Gasteiger partial charge in [-0.25, -0.2) is 13.8 Å². The Balaban J connectivity index is 1.45. The van der Waals surface area contributed by atoms with Crippen molar-refractivity contribution >= 4 is 11.8 Å². The number of hydrogen-bond donors (Lipinski definition) is 3. The molecular weight excluding hydrogens is 510 g/mol. The first-order chi connectivity index (χ1) is 18.8. The minimum absolute atomic E-state index is 0.00538. The summed E-state index contributed by atoms with van der Waals surface area (Å²) >= 11 is 0. The van der Waals surface area contributed by atoms with Gasteiger partial charge in [-0.1, -0.05) is 24.0 Å². The number of nitrogens with one attached hydrogen (secondary N) is 2. The minimum Gasteiger partial charge on any atom is -0.502 e. The highest BCUT2D eigenvalue weighted by atomic mass is 19.3. The lowest BCUT2D eigenvalue weighted by Gasteiger charge is -2.26. The summed E-state index contributed by atoms with van der Waals surface area (Å²) in [5, 5.41) is 12.3. The van der Waals surface area contributed by atoms with Crippen LogP contribution in [0.2, 0.25) is 0 Å². The molecule has 11 heteroatoms. The number of alkyl halides is 2.